The number of fused-ring (bicyclic) bond motifs is 2. The monoisotopic (exact) mass is 421 g/mol. The van der Waals surface area contributed by atoms with Gasteiger partial charge in [0.1, 0.15) is 23.6 Å². The Bertz CT molecular complexity index is 911. The molecular weight excluding hydrogens is 399 g/mol. The second kappa shape index (κ2) is 8.10. The molecule has 10 heteroatoms. The lowest BCUT2D eigenvalue weighted by Gasteiger charge is -2.56. The second-order valence-electron chi connectivity index (χ2n) is 7.47. The van der Waals surface area contributed by atoms with E-state index in [1.807, 2.05) is 29.2 Å². The van der Waals surface area contributed by atoms with Gasteiger partial charge in [-0.05, 0) is 12.5 Å². The Morgan fingerprint density at radius 2 is 1.97 bits per heavy atom. The van der Waals surface area contributed by atoms with E-state index in [2.05, 4.69) is 20.2 Å². The summed E-state index contributed by atoms with van der Waals surface area (Å²) in [5, 5.41) is 2.91. The summed E-state index contributed by atoms with van der Waals surface area (Å²) in [5.41, 5.74) is -0.0492. The fourth-order valence-corrected chi connectivity index (χ4v) is 4.07. The topological polar surface area (TPSA) is 70.6 Å². The van der Waals surface area contributed by atoms with Crippen molar-refractivity contribution in [2.75, 3.05) is 31.6 Å². The Morgan fingerprint density at radius 1 is 1.23 bits per heavy atom. The molecule has 1 N–H and O–H groups in total. The molecule has 1 aromatic carbocycles. The lowest BCUT2D eigenvalue weighted by molar-refractivity contribution is -0.141. The van der Waals surface area contributed by atoms with Crippen molar-refractivity contribution in [2.24, 2.45) is 0 Å². The average molecular weight is 421 g/mol. The normalized spacial score (nSPS) is 21.1. The fraction of sp³-hybridized carbons (Fsp3) is 0.450. The Hall–Kier alpha value is -2.88. The maximum Gasteiger partial charge on any atom is 0.433 e. The van der Waals surface area contributed by atoms with E-state index < -0.39 is 11.9 Å². The van der Waals surface area contributed by atoms with Crippen molar-refractivity contribution in [3.05, 3.63) is 47.9 Å². The molecule has 1 amide bonds. The highest BCUT2D eigenvalue weighted by molar-refractivity contribution is 5.78. The predicted octanol–water partition coefficient (Wildman–Crippen LogP) is 2.08. The maximum absolute atomic E-state index is 12.9. The number of ether oxygens (including phenoxy) is 1. The van der Waals surface area contributed by atoms with Crippen LogP contribution in [-0.4, -0.2) is 59.6 Å². The summed E-state index contributed by atoms with van der Waals surface area (Å²) in [6, 6.07) is 8.70. The summed E-state index contributed by atoms with van der Waals surface area (Å²) in [4.78, 5) is 23.6. The van der Waals surface area contributed by atoms with E-state index >= 15 is 0 Å². The summed E-state index contributed by atoms with van der Waals surface area (Å²) >= 11 is 0. The molecule has 3 aliphatic rings. The smallest absolute Gasteiger partial charge is 0.433 e. The number of anilines is 1. The molecule has 2 bridgehead atoms. The third kappa shape index (κ3) is 4.18. The molecule has 0 aliphatic carbocycles. The minimum atomic E-state index is -4.50. The Kier molecular flexibility index (Phi) is 5.50. The van der Waals surface area contributed by atoms with Gasteiger partial charge in [-0.3, -0.25) is 9.69 Å². The highest BCUT2D eigenvalue weighted by Crippen LogP contribution is 2.35. The first-order valence-electron chi connectivity index (χ1n) is 9.63. The third-order valence-electron chi connectivity index (χ3n) is 5.61. The van der Waals surface area contributed by atoms with Crippen LogP contribution in [0.3, 0.4) is 0 Å². The third-order valence-corrected chi connectivity index (χ3v) is 5.61. The van der Waals surface area contributed by atoms with Crippen LogP contribution in [0.2, 0.25) is 0 Å². The molecule has 0 spiro atoms. The number of hydrogen-bond donors (Lipinski definition) is 1. The molecule has 1 aromatic heterocycles. The molecule has 2 unspecified atom stereocenters. The highest BCUT2D eigenvalue weighted by atomic mass is 19.4. The molecule has 3 fully saturated rings. The molecule has 160 valence electrons. The average Bonchev–Trinajstić information content (AvgIpc) is 2.75. The summed E-state index contributed by atoms with van der Waals surface area (Å²) in [6.07, 6.45) is -2.63. The highest BCUT2D eigenvalue weighted by Gasteiger charge is 2.45. The van der Waals surface area contributed by atoms with Crippen LogP contribution in [0.1, 0.15) is 17.7 Å². The number of piperazine rings is 1. The zero-order valence-electron chi connectivity index (χ0n) is 16.4. The van der Waals surface area contributed by atoms with Gasteiger partial charge in [-0.15, -0.1) is 0 Å². The molecule has 3 aliphatic heterocycles. The standard InChI is InChI=1S/C20H22F3N5O2/c1-30-16-5-3-2-4-13(16)8-24-19(29)11-28-14-6-15(28)10-27(9-14)18-7-17(20(21,22)23)25-12-26-18/h2-5,7,12,14-15H,6,8-11H2,1H3,(H,24,29). The van der Waals surface area contributed by atoms with E-state index in [4.69, 9.17) is 4.74 Å². The van der Waals surface area contributed by atoms with Gasteiger partial charge in [0, 0.05) is 43.3 Å². The molecule has 7 nitrogen and oxygen atoms in total. The van der Waals surface area contributed by atoms with Gasteiger partial charge in [-0.2, -0.15) is 13.2 Å². The van der Waals surface area contributed by atoms with Gasteiger partial charge in [-0.1, -0.05) is 18.2 Å². The number of carbonyl (C=O) groups excluding carboxylic acids is 1. The number of hydrogen-bond acceptors (Lipinski definition) is 6. The van der Waals surface area contributed by atoms with Gasteiger partial charge < -0.3 is 15.0 Å². The number of nitrogens with zero attached hydrogens (tertiary/aromatic N) is 4. The second-order valence-corrected chi connectivity index (χ2v) is 7.47. The van der Waals surface area contributed by atoms with Crippen LogP contribution in [0.25, 0.3) is 0 Å². The number of methoxy groups -OCH3 is 1. The van der Waals surface area contributed by atoms with Crippen LogP contribution in [0.15, 0.2) is 36.7 Å². The quantitative estimate of drug-likeness (QED) is 0.770. The van der Waals surface area contributed by atoms with Crippen molar-refractivity contribution in [3.63, 3.8) is 0 Å². The van der Waals surface area contributed by atoms with Crippen molar-refractivity contribution >= 4 is 11.7 Å². The fourth-order valence-electron chi connectivity index (χ4n) is 4.07. The molecular formula is C20H22F3N5O2. The SMILES string of the molecule is COc1ccccc1CNC(=O)CN1C2CC1CN(c1cc(C(F)(F)F)ncn1)C2. The predicted molar refractivity (Wildman–Crippen MR) is 103 cm³/mol. The number of para-hydroxylation sites is 1. The maximum atomic E-state index is 12.9. The van der Waals surface area contributed by atoms with Gasteiger partial charge >= 0.3 is 6.18 Å². The zero-order chi connectivity index (χ0) is 21.3. The number of alkyl halides is 3. The summed E-state index contributed by atoms with van der Waals surface area (Å²) in [6.45, 7) is 1.70. The first kappa shape index (κ1) is 20.4. The number of rotatable bonds is 6. The van der Waals surface area contributed by atoms with Crippen LogP contribution < -0.4 is 15.0 Å². The van der Waals surface area contributed by atoms with Crippen LogP contribution >= 0.6 is 0 Å². The van der Waals surface area contributed by atoms with E-state index in [1.165, 1.54) is 0 Å². The van der Waals surface area contributed by atoms with Crippen molar-refractivity contribution in [1.29, 1.82) is 0 Å². The molecule has 2 aromatic rings. The van der Waals surface area contributed by atoms with Crippen molar-refractivity contribution in [1.82, 2.24) is 20.2 Å². The van der Waals surface area contributed by atoms with Crippen molar-refractivity contribution < 1.29 is 22.7 Å². The van der Waals surface area contributed by atoms with E-state index in [-0.39, 0.29) is 30.4 Å². The van der Waals surface area contributed by atoms with Gasteiger partial charge in [-0.25, -0.2) is 9.97 Å². The summed E-state index contributed by atoms with van der Waals surface area (Å²) in [7, 11) is 1.59. The van der Waals surface area contributed by atoms with Crippen LogP contribution in [-0.2, 0) is 17.5 Å². The molecule has 30 heavy (non-hydrogen) atoms. The summed E-state index contributed by atoms with van der Waals surface area (Å²) in [5.74, 6) is 0.898. The number of carbonyl (C=O) groups is 1. The van der Waals surface area contributed by atoms with Gasteiger partial charge in [0.05, 0.1) is 13.7 Å². The number of halogens is 3. The number of aromatic nitrogens is 2. The number of piperidine rings is 1. The lowest BCUT2D eigenvalue weighted by Crippen LogP contribution is -2.70. The molecule has 5 rings (SSSR count). The van der Waals surface area contributed by atoms with E-state index in [0.29, 0.717) is 19.6 Å². The molecule has 2 atom stereocenters. The molecule has 3 saturated heterocycles. The molecule has 4 heterocycles. The minimum Gasteiger partial charge on any atom is -0.496 e. The Balaban J connectivity index is 1.31. The minimum absolute atomic E-state index is 0.0922. The van der Waals surface area contributed by atoms with E-state index in [0.717, 1.165) is 30.1 Å². The lowest BCUT2D eigenvalue weighted by atomic mass is 9.87. The molecule has 0 saturated carbocycles. The van der Waals surface area contributed by atoms with Crippen molar-refractivity contribution in [3.8, 4) is 5.75 Å². The van der Waals surface area contributed by atoms with Crippen molar-refractivity contribution in [2.45, 2.75) is 31.2 Å². The Labute approximate surface area is 171 Å². The first-order valence-corrected chi connectivity index (χ1v) is 9.63. The Morgan fingerprint density at radius 3 is 2.67 bits per heavy atom. The summed E-state index contributed by atoms with van der Waals surface area (Å²) < 4.78 is 44.0. The largest absolute Gasteiger partial charge is 0.496 e. The van der Waals surface area contributed by atoms with Crippen LogP contribution in [0, 0.1) is 0 Å². The van der Waals surface area contributed by atoms with Gasteiger partial charge in [0.15, 0.2) is 0 Å². The zero-order valence-corrected chi connectivity index (χ0v) is 16.4. The number of benzene rings is 1. The van der Waals surface area contributed by atoms with Crippen LogP contribution in [0.4, 0.5) is 19.0 Å². The van der Waals surface area contributed by atoms with E-state index in [1.54, 1.807) is 7.11 Å². The molecule has 0 radical (unpaired) electrons. The number of nitrogens with one attached hydrogen (secondary N) is 1. The van der Waals surface area contributed by atoms with Gasteiger partial charge in [0.25, 0.3) is 0 Å². The number of amides is 1. The van der Waals surface area contributed by atoms with E-state index in [9.17, 15) is 18.0 Å². The van der Waals surface area contributed by atoms with Gasteiger partial charge in [0.2, 0.25) is 5.91 Å². The van der Waals surface area contributed by atoms with Crippen LogP contribution in [0.5, 0.6) is 5.75 Å². The first-order chi connectivity index (χ1) is 14.3.